The minimum Gasteiger partial charge on any atom is -0.363 e. The molecule has 5 rings (SSSR count). The van der Waals surface area contributed by atoms with Gasteiger partial charge in [0.05, 0.1) is 16.9 Å². The number of aromatic nitrogens is 4. The summed E-state index contributed by atoms with van der Waals surface area (Å²) in [5.41, 5.74) is 0.874. The first-order valence-corrected chi connectivity index (χ1v) is 10.9. The summed E-state index contributed by atoms with van der Waals surface area (Å²) in [5.74, 6) is 2.47. The lowest BCUT2D eigenvalue weighted by Gasteiger charge is -2.29. The molecule has 0 amide bonds. The molecule has 3 aromatic rings. The monoisotopic (exact) mass is 404 g/mol. The van der Waals surface area contributed by atoms with Gasteiger partial charge in [-0.3, -0.25) is 9.36 Å². The maximum Gasteiger partial charge on any atom is 0.261 e. The van der Waals surface area contributed by atoms with Crippen LogP contribution in [0.3, 0.4) is 0 Å². The highest BCUT2D eigenvalue weighted by atomic mass is 16.1. The van der Waals surface area contributed by atoms with E-state index in [9.17, 15) is 4.79 Å². The van der Waals surface area contributed by atoms with E-state index < -0.39 is 0 Å². The summed E-state index contributed by atoms with van der Waals surface area (Å²) in [5, 5.41) is 0.712. The lowest BCUT2D eigenvalue weighted by Crippen LogP contribution is -2.34. The van der Waals surface area contributed by atoms with E-state index in [0.29, 0.717) is 11.3 Å². The van der Waals surface area contributed by atoms with Crippen molar-refractivity contribution in [3.8, 4) is 0 Å². The molecule has 0 N–H and O–H groups in total. The van der Waals surface area contributed by atoms with Crippen molar-refractivity contribution >= 4 is 22.7 Å². The van der Waals surface area contributed by atoms with E-state index in [0.717, 1.165) is 49.4 Å². The van der Waals surface area contributed by atoms with Gasteiger partial charge in [0.1, 0.15) is 11.6 Å². The predicted octanol–water partition coefficient (Wildman–Crippen LogP) is 3.71. The Morgan fingerprint density at radius 1 is 1.00 bits per heavy atom. The Hall–Kier alpha value is -2.96. The van der Waals surface area contributed by atoms with Gasteiger partial charge in [-0.2, -0.15) is 4.98 Å². The molecule has 1 saturated carbocycles. The molecular weight excluding hydrogens is 376 g/mol. The van der Waals surface area contributed by atoms with Gasteiger partial charge in [-0.05, 0) is 43.9 Å². The largest absolute Gasteiger partial charge is 0.363 e. The maximum absolute atomic E-state index is 13.5. The van der Waals surface area contributed by atoms with Gasteiger partial charge in [0.15, 0.2) is 0 Å². The Labute approximate surface area is 176 Å². The van der Waals surface area contributed by atoms with Gasteiger partial charge in [-0.15, -0.1) is 0 Å². The number of rotatable bonds is 4. The van der Waals surface area contributed by atoms with Crippen molar-refractivity contribution in [1.29, 1.82) is 0 Å². The van der Waals surface area contributed by atoms with Crippen LogP contribution in [0.25, 0.3) is 10.9 Å². The van der Waals surface area contributed by atoms with Crippen LogP contribution in [-0.4, -0.2) is 40.2 Å². The quantitative estimate of drug-likeness (QED) is 0.660. The van der Waals surface area contributed by atoms with Gasteiger partial charge < -0.3 is 9.80 Å². The van der Waals surface area contributed by atoms with E-state index in [4.69, 9.17) is 9.97 Å². The van der Waals surface area contributed by atoms with Crippen molar-refractivity contribution in [2.45, 2.75) is 50.6 Å². The summed E-state index contributed by atoms with van der Waals surface area (Å²) in [4.78, 5) is 32.1. The average molecular weight is 405 g/mol. The highest BCUT2D eigenvalue weighted by Gasteiger charge is 2.34. The molecule has 1 aromatic carbocycles. The average Bonchev–Trinajstić information content (AvgIpc) is 3.46. The summed E-state index contributed by atoms with van der Waals surface area (Å²) in [6, 6.07) is 9.89. The van der Waals surface area contributed by atoms with Crippen molar-refractivity contribution < 1.29 is 0 Å². The minimum atomic E-state index is 0.0142. The Morgan fingerprint density at radius 3 is 2.60 bits per heavy atom. The molecule has 1 saturated heterocycles. The topological polar surface area (TPSA) is 67.2 Å². The summed E-state index contributed by atoms with van der Waals surface area (Å²) >= 11 is 0. The molecule has 1 aliphatic heterocycles. The van der Waals surface area contributed by atoms with Crippen molar-refractivity contribution in [3.63, 3.8) is 0 Å². The van der Waals surface area contributed by atoms with Crippen LogP contribution >= 0.6 is 0 Å². The van der Waals surface area contributed by atoms with Crippen LogP contribution in [0.15, 0.2) is 41.3 Å². The van der Waals surface area contributed by atoms with Crippen LogP contribution in [-0.2, 0) is 0 Å². The molecule has 156 valence electrons. The smallest absolute Gasteiger partial charge is 0.261 e. The van der Waals surface area contributed by atoms with Crippen LogP contribution in [0.1, 0.15) is 56.4 Å². The van der Waals surface area contributed by atoms with Crippen LogP contribution in [0.5, 0.6) is 0 Å². The van der Waals surface area contributed by atoms with Crippen molar-refractivity contribution in [1.82, 2.24) is 19.5 Å². The molecule has 7 nitrogen and oxygen atoms in total. The Morgan fingerprint density at radius 2 is 1.80 bits per heavy atom. The zero-order chi connectivity index (χ0) is 20.7. The highest BCUT2D eigenvalue weighted by molar-refractivity contribution is 5.77. The molecule has 0 bridgehead atoms. The van der Waals surface area contributed by atoms with Crippen molar-refractivity contribution in [2.75, 3.05) is 30.4 Å². The van der Waals surface area contributed by atoms with E-state index in [2.05, 4.69) is 9.88 Å². The van der Waals surface area contributed by atoms with Crippen molar-refractivity contribution in [3.05, 3.63) is 52.7 Å². The molecule has 2 aromatic heterocycles. The lowest BCUT2D eigenvalue weighted by atomic mass is 10.1. The number of para-hydroxylation sites is 1. The highest BCUT2D eigenvalue weighted by Crippen LogP contribution is 2.37. The molecule has 1 unspecified atom stereocenters. The second kappa shape index (κ2) is 7.70. The number of hydrogen-bond acceptors (Lipinski definition) is 6. The molecule has 2 aliphatic rings. The van der Waals surface area contributed by atoms with Gasteiger partial charge in [0, 0.05) is 32.9 Å². The molecular formula is C23H28N6O. The molecule has 0 radical (unpaired) electrons. The summed E-state index contributed by atoms with van der Waals surface area (Å²) in [6.07, 6.45) is 8.24. The molecule has 30 heavy (non-hydrogen) atoms. The predicted molar refractivity (Wildman–Crippen MR) is 119 cm³/mol. The number of anilines is 2. The molecule has 1 aliphatic carbocycles. The van der Waals surface area contributed by atoms with Gasteiger partial charge in [-0.1, -0.05) is 25.0 Å². The molecule has 7 heteroatoms. The second-order valence-corrected chi connectivity index (χ2v) is 8.56. The Bertz CT molecular complexity index is 1120. The van der Waals surface area contributed by atoms with E-state index in [1.165, 1.54) is 12.8 Å². The molecule has 1 atom stereocenters. The maximum atomic E-state index is 13.5. The van der Waals surface area contributed by atoms with Gasteiger partial charge in [0.2, 0.25) is 5.95 Å². The van der Waals surface area contributed by atoms with E-state index in [-0.39, 0.29) is 17.6 Å². The first kappa shape index (κ1) is 19.0. The lowest BCUT2D eigenvalue weighted by molar-refractivity contribution is 0.453. The van der Waals surface area contributed by atoms with Crippen LogP contribution < -0.4 is 15.4 Å². The van der Waals surface area contributed by atoms with Crippen LogP contribution in [0.4, 0.5) is 11.8 Å². The minimum absolute atomic E-state index is 0.0142. The van der Waals surface area contributed by atoms with Gasteiger partial charge in [0.25, 0.3) is 5.56 Å². The first-order valence-electron chi connectivity index (χ1n) is 10.9. The van der Waals surface area contributed by atoms with Crippen LogP contribution in [0, 0.1) is 0 Å². The van der Waals surface area contributed by atoms with E-state index in [1.54, 1.807) is 0 Å². The number of benzene rings is 1. The molecule has 2 fully saturated rings. The third kappa shape index (κ3) is 3.22. The summed E-state index contributed by atoms with van der Waals surface area (Å²) < 4.78 is 2.01. The Kier molecular flexibility index (Phi) is 4.89. The fourth-order valence-corrected chi connectivity index (χ4v) is 4.91. The fourth-order valence-electron chi connectivity index (χ4n) is 4.91. The van der Waals surface area contributed by atoms with Crippen LogP contribution in [0.2, 0.25) is 0 Å². The molecule has 3 heterocycles. The third-order valence-corrected chi connectivity index (χ3v) is 6.42. The first-order chi connectivity index (χ1) is 14.6. The van der Waals surface area contributed by atoms with Gasteiger partial charge in [-0.25, -0.2) is 9.97 Å². The van der Waals surface area contributed by atoms with E-state index >= 15 is 0 Å². The van der Waals surface area contributed by atoms with E-state index in [1.807, 2.05) is 60.1 Å². The summed E-state index contributed by atoms with van der Waals surface area (Å²) in [7, 11) is 3.96. The number of fused-ring (bicyclic) bond motifs is 1. The zero-order valence-electron chi connectivity index (χ0n) is 17.7. The SMILES string of the molecule is CN(C)c1ccnc(N2CCCC2c2nc3ccccc3c(=O)n2C2CCCC2)n1. The molecule has 0 spiro atoms. The summed E-state index contributed by atoms with van der Waals surface area (Å²) in [6.45, 7) is 0.870. The normalized spacial score (nSPS) is 19.7. The standard InChI is InChI=1S/C23H28N6O/c1-27(2)20-13-14-24-23(26-20)28-15-7-12-19(28)21-25-18-11-6-5-10-17(18)22(30)29(21)16-8-3-4-9-16/h5-6,10-11,13-14,16,19H,3-4,7-9,12,15H2,1-2H3. The Balaban J connectivity index is 1.65. The zero-order valence-corrected chi connectivity index (χ0v) is 17.7. The van der Waals surface area contributed by atoms with Gasteiger partial charge >= 0.3 is 0 Å². The fraction of sp³-hybridized carbons (Fsp3) is 0.478. The third-order valence-electron chi connectivity index (χ3n) is 6.42. The number of hydrogen-bond donors (Lipinski definition) is 0. The number of nitrogens with zero attached hydrogens (tertiary/aromatic N) is 6. The van der Waals surface area contributed by atoms with Crippen molar-refractivity contribution in [2.24, 2.45) is 0 Å². The second-order valence-electron chi connectivity index (χ2n) is 8.56.